The van der Waals surface area contributed by atoms with Gasteiger partial charge in [-0.25, -0.2) is 0 Å². The van der Waals surface area contributed by atoms with Crippen molar-refractivity contribution in [3.05, 3.63) is 29.8 Å². The fourth-order valence-electron chi connectivity index (χ4n) is 2.34. The summed E-state index contributed by atoms with van der Waals surface area (Å²) in [5.41, 5.74) is 1.25. The van der Waals surface area contributed by atoms with Crippen LogP contribution < -0.4 is 4.74 Å². The van der Waals surface area contributed by atoms with Crippen LogP contribution in [0.1, 0.15) is 45.1 Å². The highest BCUT2D eigenvalue weighted by atomic mass is 35.5. The molecular weight excluding hydrogens is 260 g/mol. The lowest BCUT2D eigenvalue weighted by Gasteiger charge is -2.41. The normalized spacial score (nSPS) is 26.3. The first kappa shape index (κ1) is 14.7. The minimum atomic E-state index is 0.0295. The Bertz CT molecular complexity index is 405. The number of hydrogen-bond donors (Lipinski definition) is 0. The zero-order valence-electron chi connectivity index (χ0n) is 11.9. The van der Waals surface area contributed by atoms with Gasteiger partial charge in [-0.3, -0.25) is 0 Å². The van der Waals surface area contributed by atoms with Crippen LogP contribution in [0.25, 0.3) is 0 Å². The second-order valence-corrected chi connectivity index (χ2v) is 6.00. The van der Waals surface area contributed by atoms with Gasteiger partial charge >= 0.3 is 0 Å². The van der Waals surface area contributed by atoms with Gasteiger partial charge < -0.3 is 9.47 Å². The van der Waals surface area contributed by atoms with Gasteiger partial charge in [0.25, 0.3) is 0 Å². The maximum absolute atomic E-state index is 6.21. The average molecular weight is 283 g/mol. The van der Waals surface area contributed by atoms with Gasteiger partial charge in [-0.1, -0.05) is 39.0 Å². The van der Waals surface area contributed by atoms with E-state index in [-0.39, 0.29) is 17.6 Å². The Kier molecular flexibility index (Phi) is 5.12. The molecule has 2 rings (SSSR count). The van der Waals surface area contributed by atoms with Gasteiger partial charge in [0, 0.05) is 13.0 Å². The molecule has 1 aromatic rings. The summed E-state index contributed by atoms with van der Waals surface area (Å²) in [6, 6.07) is 8.23. The highest BCUT2D eigenvalue weighted by Gasteiger charge is 2.42. The minimum Gasteiger partial charge on any atom is -0.487 e. The molecule has 1 aliphatic rings. The molecule has 0 saturated heterocycles. The van der Waals surface area contributed by atoms with Crippen LogP contribution in [0.3, 0.4) is 0 Å². The first-order valence-electron chi connectivity index (χ1n) is 7.14. The van der Waals surface area contributed by atoms with Crippen LogP contribution in [0, 0.1) is 0 Å². The van der Waals surface area contributed by atoms with Crippen molar-refractivity contribution in [2.75, 3.05) is 6.61 Å². The lowest BCUT2D eigenvalue weighted by molar-refractivity contribution is -0.0800. The minimum absolute atomic E-state index is 0.0295. The summed E-state index contributed by atoms with van der Waals surface area (Å²) in [4.78, 5) is 0. The zero-order chi connectivity index (χ0) is 13.8. The van der Waals surface area contributed by atoms with Crippen LogP contribution in [-0.4, -0.2) is 24.2 Å². The van der Waals surface area contributed by atoms with E-state index in [1.807, 2.05) is 12.1 Å². The monoisotopic (exact) mass is 282 g/mol. The molecule has 3 atom stereocenters. The molecule has 1 aromatic carbocycles. The van der Waals surface area contributed by atoms with Gasteiger partial charge in [0.2, 0.25) is 0 Å². The van der Waals surface area contributed by atoms with Crippen molar-refractivity contribution in [2.24, 2.45) is 0 Å². The van der Waals surface area contributed by atoms with E-state index < -0.39 is 0 Å². The SMILES string of the molecule is CCCOC1C(Cl)CC1Oc1ccccc1C(C)C. The fraction of sp³-hybridized carbons (Fsp3) is 0.625. The van der Waals surface area contributed by atoms with Crippen molar-refractivity contribution in [3.8, 4) is 5.75 Å². The zero-order valence-corrected chi connectivity index (χ0v) is 12.7. The van der Waals surface area contributed by atoms with Crippen molar-refractivity contribution in [2.45, 2.75) is 57.1 Å². The molecule has 0 heterocycles. The van der Waals surface area contributed by atoms with Crippen molar-refractivity contribution in [1.29, 1.82) is 0 Å². The average Bonchev–Trinajstić information content (AvgIpc) is 2.39. The Morgan fingerprint density at radius 3 is 2.68 bits per heavy atom. The lowest BCUT2D eigenvalue weighted by atomic mass is 9.90. The first-order chi connectivity index (χ1) is 9.13. The van der Waals surface area contributed by atoms with E-state index in [1.54, 1.807) is 0 Å². The van der Waals surface area contributed by atoms with E-state index >= 15 is 0 Å². The van der Waals surface area contributed by atoms with Crippen molar-refractivity contribution >= 4 is 11.6 Å². The quantitative estimate of drug-likeness (QED) is 0.722. The maximum Gasteiger partial charge on any atom is 0.128 e. The predicted molar refractivity (Wildman–Crippen MR) is 79.2 cm³/mol. The van der Waals surface area contributed by atoms with E-state index in [0.717, 1.165) is 25.2 Å². The molecule has 0 amide bonds. The highest BCUT2D eigenvalue weighted by molar-refractivity contribution is 6.21. The predicted octanol–water partition coefficient (Wildman–Crippen LogP) is 4.36. The standard InChI is InChI=1S/C16H23ClO2/c1-4-9-18-16-13(17)10-15(16)19-14-8-6-5-7-12(14)11(2)3/h5-8,11,13,15-16H,4,9-10H2,1-3H3. The van der Waals surface area contributed by atoms with Gasteiger partial charge in [-0.15, -0.1) is 11.6 Å². The Morgan fingerprint density at radius 1 is 1.32 bits per heavy atom. The second kappa shape index (κ2) is 6.62. The third-order valence-electron chi connectivity index (χ3n) is 3.51. The number of rotatable bonds is 6. The van der Waals surface area contributed by atoms with E-state index in [1.165, 1.54) is 5.56 Å². The Labute approximate surface area is 121 Å². The Hall–Kier alpha value is -0.730. The van der Waals surface area contributed by atoms with E-state index in [9.17, 15) is 0 Å². The molecule has 0 bridgehead atoms. The molecule has 0 radical (unpaired) electrons. The fourth-order valence-corrected chi connectivity index (χ4v) is 2.75. The number of halogens is 1. The topological polar surface area (TPSA) is 18.5 Å². The summed E-state index contributed by atoms with van der Waals surface area (Å²) in [5, 5.41) is 0.0859. The van der Waals surface area contributed by atoms with Crippen LogP contribution in [0.5, 0.6) is 5.75 Å². The molecule has 0 N–H and O–H groups in total. The van der Waals surface area contributed by atoms with Gasteiger partial charge in [-0.05, 0) is 24.0 Å². The summed E-state index contributed by atoms with van der Waals surface area (Å²) in [7, 11) is 0. The molecule has 1 aliphatic carbocycles. The number of alkyl halides is 1. The van der Waals surface area contributed by atoms with Crippen LogP contribution in [-0.2, 0) is 4.74 Å². The molecule has 19 heavy (non-hydrogen) atoms. The van der Waals surface area contributed by atoms with Crippen molar-refractivity contribution in [1.82, 2.24) is 0 Å². The highest BCUT2D eigenvalue weighted by Crippen LogP contribution is 2.35. The van der Waals surface area contributed by atoms with Crippen LogP contribution in [0.15, 0.2) is 24.3 Å². The van der Waals surface area contributed by atoms with Crippen molar-refractivity contribution < 1.29 is 9.47 Å². The molecule has 2 nitrogen and oxygen atoms in total. The molecule has 3 heteroatoms. The molecule has 3 unspecified atom stereocenters. The molecule has 0 aromatic heterocycles. The van der Waals surface area contributed by atoms with E-state index in [0.29, 0.717) is 5.92 Å². The van der Waals surface area contributed by atoms with Crippen LogP contribution in [0.2, 0.25) is 0 Å². The third-order valence-corrected chi connectivity index (χ3v) is 3.94. The number of ether oxygens (including phenoxy) is 2. The molecule has 106 valence electrons. The number of benzene rings is 1. The summed E-state index contributed by atoms with van der Waals surface area (Å²) >= 11 is 6.21. The third kappa shape index (κ3) is 3.43. The largest absolute Gasteiger partial charge is 0.487 e. The maximum atomic E-state index is 6.21. The van der Waals surface area contributed by atoms with E-state index in [4.69, 9.17) is 21.1 Å². The molecule has 1 saturated carbocycles. The van der Waals surface area contributed by atoms with Crippen molar-refractivity contribution in [3.63, 3.8) is 0 Å². The Balaban J connectivity index is 2.01. The van der Waals surface area contributed by atoms with Gasteiger partial charge in [-0.2, -0.15) is 0 Å². The molecule has 1 fully saturated rings. The smallest absolute Gasteiger partial charge is 0.128 e. The lowest BCUT2D eigenvalue weighted by Crippen LogP contribution is -2.52. The van der Waals surface area contributed by atoms with Crippen LogP contribution in [0.4, 0.5) is 0 Å². The molecule has 0 spiro atoms. The second-order valence-electron chi connectivity index (χ2n) is 5.44. The Morgan fingerprint density at radius 2 is 2.05 bits per heavy atom. The molecular formula is C16H23ClO2. The van der Waals surface area contributed by atoms with Gasteiger partial charge in [0.15, 0.2) is 0 Å². The summed E-state index contributed by atoms with van der Waals surface area (Å²) in [5.74, 6) is 1.43. The van der Waals surface area contributed by atoms with Gasteiger partial charge in [0.1, 0.15) is 18.0 Å². The van der Waals surface area contributed by atoms with Crippen LogP contribution >= 0.6 is 11.6 Å². The summed E-state index contributed by atoms with van der Waals surface area (Å²) in [6.07, 6.45) is 1.99. The molecule has 0 aliphatic heterocycles. The summed E-state index contributed by atoms with van der Waals surface area (Å²) < 4.78 is 11.9. The number of hydrogen-bond acceptors (Lipinski definition) is 2. The number of para-hydroxylation sites is 1. The van der Waals surface area contributed by atoms with E-state index in [2.05, 4.69) is 32.9 Å². The summed E-state index contributed by atoms with van der Waals surface area (Å²) in [6.45, 7) is 7.21. The first-order valence-corrected chi connectivity index (χ1v) is 7.58. The van der Waals surface area contributed by atoms with Gasteiger partial charge in [0.05, 0.1) is 5.38 Å².